The molecule has 130 valence electrons. The first kappa shape index (κ1) is 16.0. The summed E-state index contributed by atoms with van der Waals surface area (Å²) in [4.78, 5) is 13.0. The molecule has 1 aliphatic heterocycles. The maximum absolute atomic E-state index is 13.0. The van der Waals surface area contributed by atoms with E-state index < -0.39 is 0 Å². The third kappa shape index (κ3) is 3.08. The molecule has 0 unspecified atom stereocenters. The zero-order chi connectivity index (χ0) is 17.2. The molecule has 0 atom stereocenters. The van der Waals surface area contributed by atoms with Gasteiger partial charge in [-0.05, 0) is 25.5 Å². The SMILES string of the molecule is Cc1nn(CCC2OCCCO2)c(=O)c2c1cnn2-c1ccccc1. The van der Waals surface area contributed by atoms with Crippen molar-refractivity contribution in [1.82, 2.24) is 19.6 Å². The Bertz CT molecular complexity index is 927. The molecule has 7 heteroatoms. The smallest absolute Gasteiger partial charge is 0.293 e. The average Bonchev–Trinajstić information content (AvgIpc) is 3.11. The van der Waals surface area contributed by atoms with E-state index in [4.69, 9.17) is 9.47 Å². The molecule has 4 rings (SSSR count). The zero-order valence-corrected chi connectivity index (χ0v) is 14.1. The molecular formula is C18H20N4O3. The highest BCUT2D eigenvalue weighted by atomic mass is 16.7. The quantitative estimate of drug-likeness (QED) is 0.727. The van der Waals surface area contributed by atoms with Crippen LogP contribution in [0, 0.1) is 6.92 Å². The van der Waals surface area contributed by atoms with E-state index in [2.05, 4.69) is 10.2 Å². The van der Waals surface area contributed by atoms with E-state index in [1.807, 2.05) is 37.3 Å². The van der Waals surface area contributed by atoms with Gasteiger partial charge >= 0.3 is 0 Å². The minimum absolute atomic E-state index is 0.155. The Morgan fingerprint density at radius 3 is 2.72 bits per heavy atom. The summed E-state index contributed by atoms with van der Waals surface area (Å²) >= 11 is 0. The van der Waals surface area contributed by atoms with E-state index >= 15 is 0 Å². The van der Waals surface area contributed by atoms with Gasteiger partial charge in [0.2, 0.25) is 0 Å². The first-order chi connectivity index (χ1) is 12.2. The van der Waals surface area contributed by atoms with Crippen LogP contribution >= 0.6 is 0 Å². The van der Waals surface area contributed by atoms with Gasteiger partial charge in [-0.3, -0.25) is 4.79 Å². The molecule has 3 aromatic rings. The van der Waals surface area contributed by atoms with Gasteiger partial charge in [-0.25, -0.2) is 9.36 Å². The summed E-state index contributed by atoms with van der Waals surface area (Å²) in [5, 5.41) is 9.60. The molecule has 2 aromatic heterocycles. The van der Waals surface area contributed by atoms with E-state index in [1.54, 1.807) is 10.9 Å². The van der Waals surface area contributed by atoms with Gasteiger partial charge in [-0.1, -0.05) is 18.2 Å². The summed E-state index contributed by atoms with van der Waals surface area (Å²) in [6, 6.07) is 9.64. The number of hydrogen-bond acceptors (Lipinski definition) is 5. The van der Waals surface area contributed by atoms with Crippen LogP contribution in [0.1, 0.15) is 18.5 Å². The molecule has 0 bridgehead atoms. The number of fused-ring (bicyclic) bond motifs is 1. The van der Waals surface area contributed by atoms with Crippen molar-refractivity contribution in [2.24, 2.45) is 0 Å². The summed E-state index contributed by atoms with van der Waals surface area (Å²) in [7, 11) is 0. The van der Waals surface area contributed by atoms with Crippen molar-refractivity contribution in [2.75, 3.05) is 13.2 Å². The van der Waals surface area contributed by atoms with Crippen molar-refractivity contribution in [2.45, 2.75) is 32.6 Å². The summed E-state index contributed by atoms with van der Waals surface area (Å²) < 4.78 is 14.3. The van der Waals surface area contributed by atoms with Crippen LogP contribution in [0.4, 0.5) is 0 Å². The number of para-hydroxylation sites is 1. The summed E-state index contributed by atoms with van der Waals surface area (Å²) in [5.41, 5.74) is 2.02. The molecular weight excluding hydrogens is 320 g/mol. The maximum Gasteiger partial charge on any atom is 0.293 e. The lowest BCUT2D eigenvalue weighted by molar-refractivity contribution is -0.182. The van der Waals surface area contributed by atoms with Crippen LogP contribution < -0.4 is 5.56 Å². The molecule has 1 fully saturated rings. The van der Waals surface area contributed by atoms with E-state index in [-0.39, 0.29) is 11.8 Å². The van der Waals surface area contributed by atoms with Crippen molar-refractivity contribution in [3.63, 3.8) is 0 Å². The van der Waals surface area contributed by atoms with Crippen molar-refractivity contribution < 1.29 is 9.47 Å². The normalized spacial score (nSPS) is 15.7. The van der Waals surface area contributed by atoms with Crippen LogP contribution in [0.2, 0.25) is 0 Å². The predicted octanol–water partition coefficient (Wildman–Crippen LogP) is 2.04. The number of aryl methyl sites for hydroxylation is 2. The van der Waals surface area contributed by atoms with Gasteiger partial charge < -0.3 is 9.47 Å². The van der Waals surface area contributed by atoms with E-state index in [0.717, 1.165) is 23.2 Å². The van der Waals surface area contributed by atoms with Crippen molar-refractivity contribution in [1.29, 1.82) is 0 Å². The fourth-order valence-electron chi connectivity index (χ4n) is 3.07. The molecule has 1 saturated heterocycles. The van der Waals surface area contributed by atoms with Crippen molar-refractivity contribution in [3.8, 4) is 5.69 Å². The Hall–Kier alpha value is -2.51. The molecule has 1 aromatic carbocycles. The number of aromatic nitrogens is 4. The molecule has 0 aliphatic carbocycles. The number of benzene rings is 1. The van der Waals surface area contributed by atoms with Crippen molar-refractivity contribution >= 4 is 10.9 Å². The summed E-state index contributed by atoms with van der Waals surface area (Å²) in [6.07, 6.45) is 2.94. The molecule has 0 saturated carbocycles. The third-order valence-electron chi connectivity index (χ3n) is 4.34. The summed E-state index contributed by atoms with van der Waals surface area (Å²) in [5.74, 6) is 0. The van der Waals surface area contributed by atoms with Gasteiger partial charge in [0.05, 0.1) is 30.8 Å². The van der Waals surface area contributed by atoms with Gasteiger partial charge in [0, 0.05) is 18.4 Å². The molecule has 25 heavy (non-hydrogen) atoms. The predicted molar refractivity (Wildman–Crippen MR) is 92.8 cm³/mol. The Balaban J connectivity index is 1.71. The first-order valence-corrected chi connectivity index (χ1v) is 8.48. The van der Waals surface area contributed by atoms with Crippen LogP contribution in [-0.2, 0) is 16.0 Å². The molecule has 0 radical (unpaired) electrons. The molecule has 7 nitrogen and oxygen atoms in total. The zero-order valence-electron chi connectivity index (χ0n) is 14.1. The topological polar surface area (TPSA) is 71.2 Å². The van der Waals surface area contributed by atoms with Gasteiger partial charge in [0.25, 0.3) is 5.56 Å². The molecule has 3 heterocycles. The van der Waals surface area contributed by atoms with Crippen LogP contribution in [-0.4, -0.2) is 39.1 Å². The minimum atomic E-state index is -0.266. The number of nitrogens with zero attached hydrogens (tertiary/aromatic N) is 4. The standard InChI is InChI=1S/C18H20N4O3/c1-13-15-12-19-22(14-6-3-2-4-7-14)17(15)18(23)21(20-13)9-8-16-24-10-5-11-25-16/h2-4,6-7,12,16H,5,8-11H2,1H3. The van der Waals surface area contributed by atoms with Crippen molar-refractivity contribution in [3.05, 3.63) is 52.6 Å². The number of hydrogen-bond donors (Lipinski definition) is 0. The van der Waals surface area contributed by atoms with Gasteiger partial charge in [-0.15, -0.1) is 0 Å². The lowest BCUT2D eigenvalue weighted by atomic mass is 10.2. The Morgan fingerprint density at radius 1 is 1.20 bits per heavy atom. The van der Waals surface area contributed by atoms with Gasteiger partial charge in [0.15, 0.2) is 6.29 Å². The van der Waals surface area contributed by atoms with E-state index in [0.29, 0.717) is 31.7 Å². The molecule has 1 aliphatic rings. The highest BCUT2D eigenvalue weighted by molar-refractivity contribution is 5.81. The Kier molecular flexibility index (Phi) is 4.33. The van der Waals surface area contributed by atoms with Gasteiger partial charge in [-0.2, -0.15) is 10.2 Å². The number of ether oxygens (including phenoxy) is 2. The van der Waals surface area contributed by atoms with Crippen LogP contribution in [0.25, 0.3) is 16.6 Å². The minimum Gasteiger partial charge on any atom is -0.353 e. The lowest BCUT2D eigenvalue weighted by Gasteiger charge is -2.23. The highest BCUT2D eigenvalue weighted by Gasteiger charge is 2.18. The largest absolute Gasteiger partial charge is 0.353 e. The molecule has 0 amide bonds. The molecule has 0 spiro atoms. The average molecular weight is 340 g/mol. The Labute approximate surface area is 144 Å². The lowest BCUT2D eigenvalue weighted by Crippen LogP contribution is -2.30. The Morgan fingerprint density at radius 2 is 1.96 bits per heavy atom. The number of rotatable bonds is 4. The highest BCUT2D eigenvalue weighted by Crippen LogP contribution is 2.17. The van der Waals surface area contributed by atoms with E-state index in [9.17, 15) is 4.79 Å². The molecule has 0 N–H and O–H groups in total. The monoisotopic (exact) mass is 340 g/mol. The first-order valence-electron chi connectivity index (χ1n) is 8.48. The second-order valence-corrected chi connectivity index (χ2v) is 6.08. The van der Waals surface area contributed by atoms with Gasteiger partial charge in [0.1, 0.15) is 5.52 Å². The summed E-state index contributed by atoms with van der Waals surface area (Å²) in [6.45, 7) is 3.74. The van der Waals surface area contributed by atoms with Crippen LogP contribution in [0.3, 0.4) is 0 Å². The third-order valence-corrected chi connectivity index (χ3v) is 4.34. The maximum atomic E-state index is 13.0. The second-order valence-electron chi connectivity index (χ2n) is 6.08. The fourth-order valence-corrected chi connectivity index (χ4v) is 3.07. The fraction of sp³-hybridized carbons (Fsp3) is 0.389. The second kappa shape index (κ2) is 6.78. The van der Waals surface area contributed by atoms with Crippen LogP contribution in [0.5, 0.6) is 0 Å². The van der Waals surface area contributed by atoms with Crippen LogP contribution in [0.15, 0.2) is 41.3 Å². The van der Waals surface area contributed by atoms with E-state index in [1.165, 1.54) is 4.68 Å².